The molecule has 2 rings (SSSR count). The lowest BCUT2D eigenvalue weighted by Gasteiger charge is -2.09. The zero-order valence-corrected chi connectivity index (χ0v) is 13.7. The predicted molar refractivity (Wildman–Crippen MR) is 80.7 cm³/mol. The molecule has 0 saturated heterocycles. The summed E-state index contributed by atoms with van der Waals surface area (Å²) in [5.74, 6) is 0.537. The summed E-state index contributed by atoms with van der Waals surface area (Å²) in [5, 5.41) is 8.68. The zero-order valence-electron chi connectivity index (χ0n) is 12.9. The van der Waals surface area contributed by atoms with Crippen LogP contribution < -0.4 is 9.46 Å². The minimum atomic E-state index is -3.53. The number of benzene rings is 1. The molecule has 1 aromatic rings. The standard InChI is InChI=1S/C15H23NO4S/c1-14(2)13(15(14,3)4)16-21(18,19)12-7-5-11(6-8-12)20-10-9-17/h5-8,13,16-17H,9-10H2,1-4H3. The third-order valence-corrected chi connectivity index (χ3v) is 6.23. The molecule has 1 aliphatic rings. The van der Waals surface area contributed by atoms with E-state index in [2.05, 4.69) is 32.4 Å². The highest BCUT2D eigenvalue weighted by atomic mass is 32.2. The molecule has 1 aromatic carbocycles. The van der Waals surface area contributed by atoms with E-state index in [0.717, 1.165) is 0 Å². The zero-order chi connectivity index (χ0) is 15.9. The van der Waals surface area contributed by atoms with Gasteiger partial charge in [-0.1, -0.05) is 27.7 Å². The van der Waals surface area contributed by atoms with Crippen molar-refractivity contribution in [1.82, 2.24) is 4.72 Å². The Morgan fingerprint density at radius 1 is 1.14 bits per heavy atom. The number of sulfonamides is 1. The number of ether oxygens (including phenoxy) is 1. The lowest BCUT2D eigenvalue weighted by Crippen LogP contribution is -2.29. The molecular formula is C15H23NO4S. The third-order valence-electron chi connectivity index (χ3n) is 4.79. The van der Waals surface area contributed by atoms with Gasteiger partial charge in [-0.25, -0.2) is 13.1 Å². The van der Waals surface area contributed by atoms with E-state index in [1.165, 1.54) is 12.1 Å². The first-order valence-electron chi connectivity index (χ1n) is 6.99. The van der Waals surface area contributed by atoms with Crippen LogP contribution in [-0.4, -0.2) is 32.8 Å². The van der Waals surface area contributed by atoms with E-state index in [4.69, 9.17) is 9.84 Å². The molecule has 1 aliphatic carbocycles. The summed E-state index contributed by atoms with van der Waals surface area (Å²) in [4.78, 5) is 0.220. The second kappa shape index (κ2) is 5.26. The second-order valence-corrected chi connectivity index (χ2v) is 8.26. The van der Waals surface area contributed by atoms with Crippen LogP contribution in [0.4, 0.5) is 0 Å². The maximum Gasteiger partial charge on any atom is 0.240 e. The molecular weight excluding hydrogens is 290 g/mol. The smallest absolute Gasteiger partial charge is 0.240 e. The molecule has 0 radical (unpaired) electrons. The van der Waals surface area contributed by atoms with Gasteiger partial charge < -0.3 is 9.84 Å². The van der Waals surface area contributed by atoms with Crippen molar-refractivity contribution in [2.75, 3.05) is 13.2 Å². The van der Waals surface area contributed by atoms with Crippen LogP contribution in [0.2, 0.25) is 0 Å². The lowest BCUT2D eigenvalue weighted by atomic mass is 10.0. The Balaban J connectivity index is 2.10. The predicted octanol–water partition coefficient (Wildman–Crippen LogP) is 1.77. The summed E-state index contributed by atoms with van der Waals surface area (Å²) in [6, 6.07) is 6.13. The van der Waals surface area contributed by atoms with Crippen molar-refractivity contribution in [2.45, 2.75) is 38.6 Å². The summed E-state index contributed by atoms with van der Waals surface area (Å²) < 4.78 is 32.8. The van der Waals surface area contributed by atoms with E-state index in [9.17, 15) is 8.42 Å². The fraction of sp³-hybridized carbons (Fsp3) is 0.600. The molecule has 0 aliphatic heterocycles. The molecule has 1 fully saturated rings. The van der Waals surface area contributed by atoms with Crippen molar-refractivity contribution < 1.29 is 18.3 Å². The van der Waals surface area contributed by atoms with Gasteiger partial charge in [0.15, 0.2) is 0 Å². The van der Waals surface area contributed by atoms with E-state index in [-0.39, 0.29) is 35.0 Å². The molecule has 0 heterocycles. The lowest BCUT2D eigenvalue weighted by molar-refractivity contribution is 0.201. The van der Waals surface area contributed by atoms with Gasteiger partial charge in [0.25, 0.3) is 0 Å². The van der Waals surface area contributed by atoms with Crippen LogP contribution in [-0.2, 0) is 10.0 Å². The van der Waals surface area contributed by atoms with Crippen molar-refractivity contribution in [3.05, 3.63) is 24.3 Å². The SMILES string of the molecule is CC1(C)C(NS(=O)(=O)c2ccc(OCCO)cc2)C1(C)C. The molecule has 0 amide bonds. The second-order valence-electron chi connectivity index (χ2n) is 6.54. The number of rotatable bonds is 6. The van der Waals surface area contributed by atoms with E-state index in [1.54, 1.807) is 12.1 Å². The molecule has 5 nitrogen and oxygen atoms in total. The minimum absolute atomic E-state index is 0.0513. The Bertz CT molecular complexity index is 591. The molecule has 118 valence electrons. The van der Waals surface area contributed by atoms with E-state index in [1.807, 2.05) is 0 Å². The molecule has 0 spiro atoms. The van der Waals surface area contributed by atoms with Gasteiger partial charge >= 0.3 is 0 Å². The Hall–Kier alpha value is -1.11. The van der Waals surface area contributed by atoms with Gasteiger partial charge in [0.05, 0.1) is 11.5 Å². The topological polar surface area (TPSA) is 75.6 Å². The van der Waals surface area contributed by atoms with Crippen LogP contribution in [0, 0.1) is 10.8 Å². The van der Waals surface area contributed by atoms with Gasteiger partial charge in [-0.2, -0.15) is 0 Å². The average Bonchev–Trinajstić information content (AvgIpc) is 2.79. The number of aliphatic hydroxyl groups excluding tert-OH is 1. The highest BCUT2D eigenvalue weighted by Crippen LogP contribution is 2.62. The Kier molecular flexibility index (Phi) is 4.08. The summed E-state index contributed by atoms with van der Waals surface area (Å²) in [6.07, 6.45) is 0. The quantitative estimate of drug-likeness (QED) is 0.839. The van der Waals surface area contributed by atoms with Crippen molar-refractivity contribution >= 4 is 10.0 Å². The maximum absolute atomic E-state index is 12.4. The van der Waals surface area contributed by atoms with Crippen LogP contribution >= 0.6 is 0 Å². The normalized spacial score (nSPS) is 20.2. The van der Waals surface area contributed by atoms with Crippen molar-refractivity contribution in [3.8, 4) is 5.75 Å². The van der Waals surface area contributed by atoms with Crippen molar-refractivity contribution in [1.29, 1.82) is 0 Å². The summed E-state index contributed by atoms with van der Waals surface area (Å²) in [6.45, 7) is 8.36. The molecule has 2 N–H and O–H groups in total. The number of nitrogens with one attached hydrogen (secondary N) is 1. The summed E-state index contributed by atoms with van der Waals surface area (Å²) in [5.41, 5.74) is -0.103. The van der Waals surface area contributed by atoms with Crippen LogP contribution in [0.15, 0.2) is 29.2 Å². The minimum Gasteiger partial charge on any atom is -0.491 e. The van der Waals surface area contributed by atoms with Crippen molar-refractivity contribution in [2.24, 2.45) is 10.8 Å². The Morgan fingerprint density at radius 2 is 1.67 bits per heavy atom. The fourth-order valence-electron chi connectivity index (χ4n) is 2.59. The van der Waals surface area contributed by atoms with Crippen LogP contribution in [0.3, 0.4) is 0 Å². The van der Waals surface area contributed by atoms with Gasteiger partial charge in [0, 0.05) is 6.04 Å². The Labute approximate surface area is 126 Å². The van der Waals surface area contributed by atoms with E-state index in [0.29, 0.717) is 5.75 Å². The molecule has 0 aromatic heterocycles. The molecule has 6 heteroatoms. The molecule has 1 saturated carbocycles. The number of hydrogen-bond donors (Lipinski definition) is 2. The average molecular weight is 313 g/mol. The monoisotopic (exact) mass is 313 g/mol. The first-order valence-corrected chi connectivity index (χ1v) is 8.47. The molecule has 21 heavy (non-hydrogen) atoms. The van der Waals surface area contributed by atoms with Crippen molar-refractivity contribution in [3.63, 3.8) is 0 Å². The summed E-state index contributed by atoms with van der Waals surface area (Å²) in [7, 11) is -3.53. The number of aliphatic hydroxyl groups is 1. The largest absolute Gasteiger partial charge is 0.491 e. The molecule has 0 atom stereocenters. The first-order chi connectivity index (χ1) is 9.63. The van der Waals surface area contributed by atoms with Crippen LogP contribution in [0.25, 0.3) is 0 Å². The molecule has 0 bridgehead atoms. The third kappa shape index (κ3) is 2.93. The Morgan fingerprint density at radius 3 is 2.10 bits per heavy atom. The number of hydrogen-bond acceptors (Lipinski definition) is 4. The first kappa shape index (κ1) is 16.3. The van der Waals surface area contributed by atoms with Gasteiger partial charge in [0.1, 0.15) is 12.4 Å². The maximum atomic E-state index is 12.4. The van der Waals surface area contributed by atoms with Gasteiger partial charge in [-0.15, -0.1) is 0 Å². The fourth-order valence-corrected chi connectivity index (χ4v) is 4.12. The summed E-state index contributed by atoms with van der Waals surface area (Å²) >= 11 is 0. The van der Waals surface area contributed by atoms with Crippen LogP contribution in [0.1, 0.15) is 27.7 Å². The highest BCUT2D eigenvalue weighted by molar-refractivity contribution is 7.89. The highest BCUT2D eigenvalue weighted by Gasteiger charge is 2.65. The molecule has 0 unspecified atom stereocenters. The van der Waals surface area contributed by atoms with Gasteiger partial charge in [-0.05, 0) is 35.1 Å². The van der Waals surface area contributed by atoms with E-state index < -0.39 is 10.0 Å². The van der Waals surface area contributed by atoms with Crippen LogP contribution in [0.5, 0.6) is 5.75 Å². The van der Waals surface area contributed by atoms with Gasteiger partial charge in [0.2, 0.25) is 10.0 Å². The van der Waals surface area contributed by atoms with E-state index >= 15 is 0 Å². The van der Waals surface area contributed by atoms with Gasteiger partial charge in [-0.3, -0.25) is 0 Å².